The van der Waals surface area contributed by atoms with E-state index in [1.54, 1.807) is 19.2 Å². The summed E-state index contributed by atoms with van der Waals surface area (Å²) in [5.41, 5.74) is 6.69. The largest absolute Gasteiger partial charge is 0.364 e. The molecule has 0 radical (unpaired) electrons. The van der Waals surface area contributed by atoms with E-state index < -0.39 is 0 Å². The molecule has 1 amide bonds. The van der Waals surface area contributed by atoms with Crippen LogP contribution >= 0.6 is 28.1 Å². The quantitative estimate of drug-likeness (QED) is 0.543. The molecule has 0 fully saturated rings. The molecule has 86 valence electrons. The Labute approximate surface area is 108 Å². The summed E-state index contributed by atoms with van der Waals surface area (Å²) in [5, 5.41) is 3.05. The first-order chi connectivity index (χ1) is 7.54. The molecule has 3 N–H and O–H groups in total. The van der Waals surface area contributed by atoms with Gasteiger partial charge in [0.1, 0.15) is 0 Å². The van der Waals surface area contributed by atoms with Crippen LogP contribution in [0.5, 0.6) is 0 Å². The molecule has 0 unspecified atom stereocenters. The predicted octanol–water partition coefficient (Wildman–Crippen LogP) is 1.50. The number of halogens is 1. The summed E-state index contributed by atoms with van der Waals surface area (Å²) >= 11 is 8.19. The van der Waals surface area contributed by atoms with Crippen LogP contribution in [0.3, 0.4) is 0 Å². The molecule has 4 nitrogen and oxygen atoms in total. The fourth-order valence-electron chi connectivity index (χ4n) is 0.982. The average Bonchev–Trinajstić information content (AvgIpc) is 2.29. The maximum absolute atomic E-state index is 11.6. The van der Waals surface area contributed by atoms with Gasteiger partial charge in [0, 0.05) is 17.1 Å². The molecule has 0 spiro atoms. The molecule has 0 atom stereocenters. The van der Waals surface area contributed by atoms with Crippen molar-refractivity contribution >= 4 is 39.2 Å². The van der Waals surface area contributed by atoms with E-state index in [1.165, 1.54) is 0 Å². The summed E-state index contributed by atoms with van der Waals surface area (Å²) in [7, 11) is 1.67. The van der Waals surface area contributed by atoms with E-state index in [4.69, 9.17) is 12.2 Å². The number of benzene rings is 1. The van der Waals surface area contributed by atoms with Gasteiger partial charge in [-0.05, 0) is 36.8 Å². The maximum Gasteiger partial charge on any atom is 0.269 e. The van der Waals surface area contributed by atoms with E-state index in [0.29, 0.717) is 10.7 Å². The lowest BCUT2D eigenvalue weighted by Gasteiger charge is -2.09. The standard InChI is InChI=1S/C10H12BrN3OS/c1-6-3-4-7(5-8(6)11)9(15)13-14-10(16)12-2/h3-5H,1-2H3,(H,13,15)(H2,12,14,16). The summed E-state index contributed by atoms with van der Waals surface area (Å²) in [4.78, 5) is 11.6. The minimum Gasteiger partial charge on any atom is -0.364 e. The van der Waals surface area contributed by atoms with Gasteiger partial charge in [0.2, 0.25) is 0 Å². The number of thiocarbonyl (C=S) groups is 1. The molecule has 0 bridgehead atoms. The van der Waals surface area contributed by atoms with Crippen LogP contribution < -0.4 is 16.2 Å². The third kappa shape index (κ3) is 3.46. The van der Waals surface area contributed by atoms with Crippen LogP contribution in [0.25, 0.3) is 0 Å². The minimum absolute atomic E-state index is 0.238. The fraction of sp³-hybridized carbons (Fsp3) is 0.200. The summed E-state index contributed by atoms with van der Waals surface area (Å²) in [5.74, 6) is -0.238. The zero-order chi connectivity index (χ0) is 12.1. The normalized spacial score (nSPS) is 9.44. The van der Waals surface area contributed by atoms with Gasteiger partial charge in [0.05, 0.1) is 0 Å². The smallest absolute Gasteiger partial charge is 0.269 e. The summed E-state index contributed by atoms with van der Waals surface area (Å²) in [6.45, 7) is 1.96. The van der Waals surface area contributed by atoms with Crippen LogP contribution in [-0.2, 0) is 0 Å². The van der Waals surface area contributed by atoms with E-state index in [0.717, 1.165) is 10.0 Å². The van der Waals surface area contributed by atoms with Gasteiger partial charge in [-0.2, -0.15) is 0 Å². The van der Waals surface area contributed by atoms with Crippen LogP contribution in [0.1, 0.15) is 15.9 Å². The Kier molecular flexibility index (Phi) is 4.70. The number of carbonyl (C=O) groups excluding carboxylic acids is 1. The van der Waals surface area contributed by atoms with Gasteiger partial charge in [-0.3, -0.25) is 15.6 Å². The number of aryl methyl sites for hydroxylation is 1. The number of rotatable bonds is 1. The highest BCUT2D eigenvalue weighted by atomic mass is 79.9. The van der Waals surface area contributed by atoms with E-state index in [-0.39, 0.29) is 5.91 Å². The Morgan fingerprint density at radius 1 is 1.38 bits per heavy atom. The van der Waals surface area contributed by atoms with Gasteiger partial charge in [0.15, 0.2) is 5.11 Å². The predicted molar refractivity (Wildman–Crippen MR) is 71.1 cm³/mol. The number of amides is 1. The molecule has 1 aromatic rings. The van der Waals surface area contributed by atoms with Crippen molar-refractivity contribution in [1.82, 2.24) is 16.2 Å². The van der Waals surface area contributed by atoms with Crippen molar-refractivity contribution < 1.29 is 4.79 Å². The second kappa shape index (κ2) is 5.81. The zero-order valence-electron chi connectivity index (χ0n) is 8.93. The molecule has 0 aliphatic heterocycles. The molecule has 0 aromatic heterocycles. The third-order valence-electron chi connectivity index (χ3n) is 1.95. The van der Waals surface area contributed by atoms with Gasteiger partial charge in [-0.1, -0.05) is 22.0 Å². The van der Waals surface area contributed by atoms with E-state index in [9.17, 15) is 4.79 Å². The Balaban J connectivity index is 2.66. The van der Waals surface area contributed by atoms with Crippen LogP contribution in [0.4, 0.5) is 0 Å². The van der Waals surface area contributed by atoms with E-state index in [2.05, 4.69) is 32.1 Å². The van der Waals surface area contributed by atoms with Crippen molar-refractivity contribution in [1.29, 1.82) is 0 Å². The molecule has 16 heavy (non-hydrogen) atoms. The first-order valence-corrected chi connectivity index (χ1v) is 5.79. The Morgan fingerprint density at radius 2 is 2.06 bits per heavy atom. The summed E-state index contributed by atoms with van der Waals surface area (Å²) < 4.78 is 0.899. The molecule has 1 rings (SSSR count). The van der Waals surface area contributed by atoms with E-state index >= 15 is 0 Å². The fourth-order valence-corrected chi connectivity index (χ4v) is 1.41. The Hall–Kier alpha value is -1.14. The molecule has 0 aliphatic rings. The number of hydrazine groups is 1. The lowest BCUT2D eigenvalue weighted by molar-refractivity contribution is 0.0943. The second-order valence-electron chi connectivity index (χ2n) is 3.12. The van der Waals surface area contributed by atoms with Gasteiger partial charge in [0.25, 0.3) is 5.91 Å². The van der Waals surface area contributed by atoms with Gasteiger partial charge in [-0.15, -0.1) is 0 Å². The molecule has 1 aromatic carbocycles. The van der Waals surface area contributed by atoms with Gasteiger partial charge < -0.3 is 5.32 Å². The monoisotopic (exact) mass is 301 g/mol. The van der Waals surface area contributed by atoms with Crippen LogP contribution in [0.15, 0.2) is 22.7 Å². The SMILES string of the molecule is CNC(=S)NNC(=O)c1ccc(C)c(Br)c1. The molecule has 6 heteroatoms. The third-order valence-corrected chi connectivity index (χ3v) is 3.11. The van der Waals surface area contributed by atoms with Gasteiger partial charge in [-0.25, -0.2) is 0 Å². The molecule has 0 heterocycles. The van der Waals surface area contributed by atoms with Crippen molar-refractivity contribution in [3.63, 3.8) is 0 Å². The van der Waals surface area contributed by atoms with Gasteiger partial charge >= 0.3 is 0 Å². The number of hydrogen-bond donors (Lipinski definition) is 3. The first kappa shape index (κ1) is 12.9. The molecular formula is C10H12BrN3OS. The minimum atomic E-state index is -0.238. The van der Waals surface area contributed by atoms with Crippen LogP contribution in [-0.4, -0.2) is 18.1 Å². The second-order valence-corrected chi connectivity index (χ2v) is 4.38. The summed E-state index contributed by atoms with van der Waals surface area (Å²) in [6.07, 6.45) is 0. The molecule has 0 saturated carbocycles. The maximum atomic E-state index is 11.6. The van der Waals surface area contributed by atoms with E-state index in [1.807, 2.05) is 13.0 Å². The van der Waals surface area contributed by atoms with Crippen LogP contribution in [0.2, 0.25) is 0 Å². The number of nitrogens with one attached hydrogen (secondary N) is 3. The molecular weight excluding hydrogens is 290 g/mol. The Morgan fingerprint density at radius 3 is 2.62 bits per heavy atom. The van der Waals surface area contributed by atoms with Crippen molar-refractivity contribution in [3.05, 3.63) is 33.8 Å². The zero-order valence-corrected chi connectivity index (χ0v) is 11.3. The lowest BCUT2D eigenvalue weighted by Crippen LogP contribution is -2.45. The topological polar surface area (TPSA) is 53.2 Å². The molecule has 0 aliphatic carbocycles. The van der Waals surface area contributed by atoms with Crippen molar-refractivity contribution in [2.75, 3.05) is 7.05 Å². The van der Waals surface area contributed by atoms with Crippen molar-refractivity contribution in [3.8, 4) is 0 Å². The summed E-state index contributed by atoms with van der Waals surface area (Å²) in [6, 6.07) is 5.38. The lowest BCUT2D eigenvalue weighted by atomic mass is 10.1. The number of hydrogen-bond acceptors (Lipinski definition) is 2. The molecule has 0 saturated heterocycles. The number of carbonyl (C=O) groups is 1. The first-order valence-electron chi connectivity index (χ1n) is 4.59. The van der Waals surface area contributed by atoms with Crippen molar-refractivity contribution in [2.24, 2.45) is 0 Å². The Bertz CT molecular complexity index is 423. The highest BCUT2D eigenvalue weighted by Crippen LogP contribution is 2.17. The highest BCUT2D eigenvalue weighted by molar-refractivity contribution is 9.10. The van der Waals surface area contributed by atoms with Crippen LogP contribution in [0, 0.1) is 6.92 Å². The van der Waals surface area contributed by atoms with Crippen molar-refractivity contribution in [2.45, 2.75) is 6.92 Å². The highest BCUT2D eigenvalue weighted by Gasteiger charge is 2.06. The average molecular weight is 302 g/mol.